The average molecular weight is 237 g/mol. The summed E-state index contributed by atoms with van der Waals surface area (Å²) in [6.07, 6.45) is 3.12. The smallest absolute Gasteiger partial charge is 0.337 e. The van der Waals surface area contributed by atoms with Gasteiger partial charge in [0.15, 0.2) is 0 Å². The summed E-state index contributed by atoms with van der Waals surface area (Å²) in [7, 11) is 0. The zero-order valence-corrected chi connectivity index (χ0v) is 9.56. The van der Waals surface area contributed by atoms with Crippen LogP contribution in [0.25, 0.3) is 0 Å². The molecule has 0 aliphatic carbocycles. The van der Waals surface area contributed by atoms with Crippen LogP contribution in [0.4, 0.5) is 10.6 Å². The lowest BCUT2D eigenvalue weighted by molar-refractivity contribution is 0.0696. The van der Waals surface area contributed by atoms with Crippen LogP contribution in [0.3, 0.4) is 0 Å². The van der Waals surface area contributed by atoms with E-state index in [4.69, 9.17) is 5.11 Å². The first kappa shape index (κ1) is 13.0. The molecule has 2 amide bonds. The molecule has 1 aromatic rings. The first-order valence-electron chi connectivity index (χ1n) is 5.37. The molecule has 1 aromatic heterocycles. The number of anilines is 1. The van der Waals surface area contributed by atoms with E-state index < -0.39 is 5.97 Å². The van der Waals surface area contributed by atoms with Crippen molar-refractivity contribution in [2.75, 3.05) is 11.9 Å². The van der Waals surface area contributed by atoms with Crippen LogP contribution in [0.5, 0.6) is 0 Å². The van der Waals surface area contributed by atoms with Crippen LogP contribution in [0.1, 0.15) is 30.1 Å². The van der Waals surface area contributed by atoms with Gasteiger partial charge >= 0.3 is 12.0 Å². The molecule has 0 unspecified atom stereocenters. The third-order valence-corrected chi connectivity index (χ3v) is 2.07. The summed E-state index contributed by atoms with van der Waals surface area (Å²) in [5, 5.41) is 13.8. The number of carboxylic acid groups (broad SMARTS) is 1. The van der Waals surface area contributed by atoms with Crippen LogP contribution < -0.4 is 10.6 Å². The molecule has 3 N–H and O–H groups in total. The summed E-state index contributed by atoms with van der Waals surface area (Å²) < 4.78 is 0. The highest BCUT2D eigenvalue weighted by atomic mass is 16.4. The van der Waals surface area contributed by atoms with Crippen molar-refractivity contribution in [2.45, 2.75) is 19.8 Å². The molecule has 0 spiro atoms. The Balaban J connectivity index is 2.46. The number of pyridine rings is 1. The van der Waals surface area contributed by atoms with Crippen molar-refractivity contribution in [2.24, 2.45) is 0 Å². The minimum atomic E-state index is -1.04. The van der Waals surface area contributed by atoms with Crippen LogP contribution >= 0.6 is 0 Å². The summed E-state index contributed by atoms with van der Waals surface area (Å²) >= 11 is 0. The Morgan fingerprint density at radius 1 is 1.41 bits per heavy atom. The molecule has 0 aromatic carbocycles. The molecular weight excluding hydrogens is 222 g/mol. The Kier molecular flexibility index (Phi) is 4.93. The Hall–Kier alpha value is -2.11. The van der Waals surface area contributed by atoms with E-state index in [1.807, 2.05) is 6.92 Å². The van der Waals surface area contributed by atoms with Crippen LogP contribution in [0.2, 0.25) is 0 Å². The zero-order chi connectivity index (χ0) is 12.7. The van der Waals surface area contributed by atoms with Gasteiger partial charge in [0.05, 0.1) is 5.56 Å². The number of nitrogens with zero attached hydrogens (tertiary/aromatic N) is 1. The van der Waals surface area contributed by atoms with Crippen LogP contribution in [-0.4, -0.2) is 28.6 Å². The number of aromatic nitrogens is 1. The highest BCUT2D eigenvalue weighted by Crippen LogP contribution is 2.04. The Morgan fingerprint density at radius 3 is 2.71 bits per heavy atom. The van der Waals surface area contributed by atoms with Gasteiger partial charge in [-0.3, -0.25) is 5.32 Å². The van der Waals surface area contributed by atoms with Gasteiger partial charge in [0.1, 0.15) is 5.82 Å². The third kappa shape index (κ3) is 4.50. The molecule has 0 saturated heterocycles. The highest BCUT2D eigenvalue weighted by Gasteiger charge is 2.05. The van der Waals surface area contributed by atoms with E-state index in [1.54, 1.807) is 0 Å². The van der Waals surface area contributed by atoms with Crippen molar-refractivity contribution < 1.29 is 14.7 Å². The number of aromatic carboxylic acids is 1. The van der Waals surface area contributed by atoms with Crippen molar-refractivity contribution in [3.05, 3.63) is 23.9 Å². The average Bonchev–Trinajstić information content (AvgIpc) is 2.30. The van der Waals surface area contributed by atoms with Gasteiger partial charge in [-0.1, -0.05) is 13.3 Å². The number of unbranched alkanes of at least 4 members (excludes halogenated alkanes) is 1. The standard InChI is InChI=1S/C11H15N3O3/c1-2-3-6-12-11(17)14-9-5-4-8(7-13-9)10(15)16/h4-5,7H,2-3,6H2,1H3,(H,15,16)(H2,12,13,14,17). The lowest BCUT2D eigenvalue weighted by Gasteiger charge is -2.06. The minimum absolute atomic E-state index is 0.0851. The largest absolute Gasteiger partial charge is 0.478 e. The summed E-state index contributed by atoms with van der Waals surface area (Å²) in [5.74, 6) is -0.722. The van der Waals surface area contributed by atoms with Crippen molar-refractivity contribution >= 4 is 17.8 Å². The fourth-order valence-corrected chi connectivity index (χ4v) is 1.13. The molecular formula is C11H15N3O3. The first-order chi connectivity index (χ1) is 8.13. The maximum atomic E-state index is 11.3. The lowest BCUT2D eigenvalue weighted by Crippen LogP contribution is -2.29. The number of hydrogen-bond donors (Lipinski definition) is 3. The number of rotatable bonds is 5. The van der Waals surface area contributed by atoms with E-state index in [0.29, 0.717) is 12.4 Å². The number of carboxylic acids is 1. The molecule has 0 radical (unpaired) electrons. The Labute approximate surface area is 99.1 Å². The quantitative estimate of drug-likeness (QED) is 0.680. The van der Waals surface area contributed by atoms with E-state index >= 15 is 0 Å². The van der Waals surface area contributed by atoms with E-state index in [2.05, 4.69) is 15.6 Å². The highest BCUT2D eigenvalue weighted by molar-refractivity contribution is 5.90. The van der Waals surface area contributed by atoms with Crippen molar-refractivity contribution in [3.8, 4) is 0 Å². The second-order valence-electron chi connectivity index (χ2n) is 3.47. The number of carbonyl (C=O) groups excluding carboxylic acids is 1. The van der Waals surface area contributed by atoms with Crippen LogP contribution in [0.15, 0.2) is 18.3 Å². The first-order valence-corrected chi connectivity index (χ1v) is 5.37. The van der Waals surface area contributed by atoms with Gasteiger partial charge in [0.2, 0.25) is 0 Å². The fourth-order valence-electron chi connectivity index (χ4n) is 1.13. The Morgan fingerprint density at radius 2 is 2.18 bits per heavy atom. The van der Waals surface area contributed by atoms with Gasteiger partial charge in [-0.05, 0) is 18.6 Å². The molecule has 0 aliphatic rings. The van der Waals surface area contributed by atoms with E-state index in [-0.39, 0.29) is 11.6 Å². The SMILES string of the molecule is CCCCNC(=O)Nc1ccc(C(=O)O)cn1. The van der Waals surface area contributed by atoms with Gasteiger partial charge in [-0.2, -0.15) is 0 Å². The second-order valence-corrected chi connectivity index (χ2v) is 3.47. The minimum Gasteiger partial charge on any atom is -0.478 e. The van der Waals surface area contributed by atoms with E-state index in [9.17, 15) is 9.59 Å². The maximum Gasteiger partial charge on any atom is 0.337 e. The maximum absolute atomic E-state index is 11.3. The predicted molar refractivity (Wildman–Crippen MR) is 63.1 cm³/mol. The number of urea groups is 1. The summed E-state index contributed by atoms with van der Waals surface area (Å²) in [4.78, 5) is 25.7. The van der Waals surface area contributed by atoms with Crippen molar-refractivity contribution in [1.29, 1.82) is 0 Å². The van der Waals surface area contributed by atoms with Crippen molar-refractivity contribution in [3.63, 3.8) is 0 Å². The third-order valence-electron chi connectivity index (χ3n) is 2.07. The zero-order valence-electron chi connectivity index (χ0n) is 9.56. The van der Waals surface area contributed by atoms with Gasteiger partial charge in [-0.25, -0.2) is 14.6 Å². The van der Waals surface area contributed by atoms with E-state index in [1.165, 1.54) is 18.3 Å². The molecule has 17 heavy (non-hydrogen) atoms. The van der Waals surface area contributed by atoms with Gasteiger partial charge < -0.3 is 10.4 Å². The topological polar surface area (TPSA) is 91.3 Å². The molecule has 6 heteroatoms. The molecule has 92 valence electrons. The molecule has 0 bridgehead atoms. The monoisotopic (exact) mass is 237 g/mol. The molecule has 0 saturated carbocycles. The molecule has 0 fully saturated rings. The van der Waals surface area contributed by atoms with Gasteiger partial charge in [-0.15, -0.1) is 0 Å². The molecule has 0 atom stereocenters. The summed E-state index contributed by atoms with van der Waals surface area (Å²) in [5.41, 5.74) is 0.0851. The van der Waals surface area contributed by atoms with Crippen molar-refractivity contribution in [1.82, 2.24) is 10.3 Å². The molecule has 1 heterocycles. The second kappa shape index (κ2) is 6.47. The van der Waals surface area contributed by atoms with Gasteiger partial charge in [0.25, 0.3) is 0 Å². The van der Waals surface area contributed by atoms with Crippen LogP contribution in [0, 0.1) is 0 Å². The van der Waals surface area contributed by atoms with E-state index in [0.717, 1.165) is 12.8 Å². The number of hydrogen-bond acceptors (Lipinski definition) is 3. The molecule has 6 nitrogen and oxygen atoms in total. The fraction of sp³-hybridized carbons (Fsp3) is 0.364. The molecule has 1 rings (SSSR count). The number of carbonyl (C=O) groups is 2. The Bertz CT molecular complexity index is 389. The number of amides is 2. The van der Waals surface area contributed by atoms with Crippen LogP contribution in [-0.2, 0) is 0 Å². The number of nitrogens with one attached hydrogen (secondary N) is 2. The summed E-state index contributed by atoms with van der Waals surface area (Å²) in [6, 6.07) is 2.49. The van der Waals surface area contributed by atoms with Gasteiger partial charge in [0, 0.05) is 12.7 Å². The normalized spacial score (nSPS) is 9.71. The lowest BCUT2D eigenvalue weighted by atomic mass is 10.3. The molecule has 0 aliphatic heterocycles. The predicted octanol–water partition coefficient (Wildman–Crippen LogP) is 1.70. The summed E-state index contributed by atoms with van der Waals surface area (Å²) in [6.45, 7) is 2.64.